The van der Waals surface area contributed by atoms with Gasteiger partial charge in [0.2, 0.25) is 11.3 Å². The van der Waals surface area contributed by atoms with Gasteiger partial charge in [-0.3, -0.25) is 14.3 Å². The van der Waals surface area contributed by atoms with Crippen LogP contribution in [-0.2, 0) is 16.1 Å². The Balaban J connectivity index is 1.98. The first-order valence-electron chi connectivity index (χ1n) is 7.01. The molecule has 0 atom stereocenters. The number of hydrogen-bond donors (Lipinski definition) is 1. The van der Waals surface area contributed by atoms with Crippen LogP contribution in [-0.4, -0.2) is 35.4 Å². The Morgan fingerprint density at radius 1 is 1.38 bits per heavy atom. The van der Waals surface area contributed by atoms with Gasteiger partial charge in [0.15, 0.2) is 0 Å². The molecule has 0 fully saturated rings. The van der Waals surface area contributed by atoms with Gasteiger partial charge in [0.25, 0.3) is 0 Å². The molecular weight excluding hydrogens is 270 g/mol. The SMILES string of the molecule is CCOCCCNC(=O)Cn1ncc(=O)c2ccccc21. The van der Waals surface area contributed by atoms with Gasteiger partial charge in [-0.05, 0) is 25.5 Å². The first-order chi connectivity index (χ1) is 10.2. The lowest BCUT2D eigenvalue weighted by molar-refractivity contribution is -0.121. The van der Waals surface area contributed by atoms with Gasteiger partial charge in [0.1, 0.15) is 6.54 Å². The number of benzene rings is 1. The summed E-state index contributed by atoms with van der Waals surface area (Å²) in [6, 6.07) is 7.13. The highest BCUT2D eigenvalue weighted by atomic mass is 16.5. The molecule has 21 heavy (non-hydrogen) atoms. The van der Waals surface area contributed by atoms with Crippen LogP contribution in [0.4, 0.5) is 0 Å². The molecule has 0 aliphatic carbocycles. The van der Waals surface area contributed by atoms with Crippen molar-refractivity contribution in [1.29, 1.82) is 0 Å². The lowest BCUT2D eigenvalue weighted by Gasteiger charge is -2.09. The predicted molar refractivity (Wildman–Crippen MR) is 80.1 cm³/mol. The molecule has 1 aromatic carbocycles. The Morgan fingerprint density at radius 2 is 2.19 bits per heavy atom. The molecule has 0 spiro atoms. The van der Waals surface area contributed by atoms with Crippen molar-refractivity contribution in [2.45, 2.75) is 19.9 Å². The van der Waals surface area contributed by atoms with E-state index in [9.17, 15) is 9.59 Å². The molecule has 112 valence electrons. The molecule has 0 saturated heterocycles. The van der Waals surface area contributed by atoms with Crippen molar-refractivity contribution in [2.24, 2.45) is 0 Å². The lowest BCUT2D eigenvalue weighted by atomic mass is 10.2. The van der Waals surface area contributed by atoms with Crippen molar-refractivity contribution >= 4 is 16.8 Å². The molecule has 0 unspecified atom stereocenters. The van der Waals surface area contributed by atoms with Crippen molar-refractivity contribution in [3.8, 4) is 0 Å². The molecule has 2 aromatic rings. The van der Waals surface area contributed by atoms with E-state index < -0.39 is 0 Å². The zero-order valence-corrected chi connectivity index (χ0v) is 12.0. The molecule has 1 aromatic heterocycles. The summed E-state index contributed by atoms with van der Waals surface area (Å²) in [7, 11) is 0. The van der Waals surface area contributed by atoms with Crippen LogP contribution in [0.1, 0.15) is 13.3 Å². The summed E-state index contributed by atoms with van der Waals surface area (Å²) in [4.78, 5) is 23.6. The third-order valence-electron chi connectivity index (χ3n) is 3.05. The molecule has 0 aliphatic heterocycles. The molecule has 2 rings (SSSR count). The van der Waals surface area contributed by atoms with E-state index in [1.54, 1.807) is 18.2 Å². The lowest BCUT2D eigenvalue weighted by Crippen LogP contribution is -2.30. The molecule has 0 bridgehead atoms. The molecule has 1 N–H and O–H groups in total. The smallest absolute Gasteiger partial charge is 0.241 e. The summed E-state index contributed by atoms with van der Waals surface area (Å²) < 4.78 is 6.74. The zero-order valence-electron chi connectivity index (χ0n) is 12.0. The number of aromatic nitrogens is 2. The van der Waals surface area contributed by atoms with Crippen molar-refractivity contribution in [3.05, 3.63) is 40.7 Å². The van der Waals surface area contributed by atoms with Crippen LogP contribution < -0.4 is 10.7 Å². The van der Waals surface area contributed by atoms with Crippen LogP contribution in [0.2, 0.25) is 0 Å². The van der Waals surface area contributed by atoms with Gasteiger partial charge in [-0.25, -0.2) is 0 Å². The number of amides is 1. The normalized spacial score (nSPS) is 10.7. The molecule has 0 radical (unpaired) electrons. The highest BCUT2D eigenvalue weighted by molar-refractivity contribution is 5.81. The van der Waals surface area contributed by atoms with Gasteiger partial charge in [0.05, 0.1) is 11.7 Å². The molecule has 6 heteroatoms. The monoisotopic (exact) mass is 289 g/mol. The maximum atomic E-state index is 11.9. The maximum Gasteiger partial charge on any atom is 0.241 e. The molecular formula is C15H19N3O3. The average Bonchev–Trinajstić information content (AvgIpc) is 2.50. The number of nitrogens with zero attached hydrogens (tertiary/aromatic N) is 2. The van der Waals surface area contributed by atoms with Crippen LogP contribution in [0.15, 0.2) is 35.3 Å². The third kappa shape index (κ3) is 4.13. The van der Waals surface area contributed by atoms with E-state index in [0.717, 1.165) is 6.42 Å². The first kappa shape index (κ1) is 15.2. The van der Waals surface area contributed by atoms with Gasteiger partial charge in [-0.1, -0.05) is 12.1 Å². The van der Waals surface area contributed by atoms with E-state index in [-0.39, 0.29) is 17.9 Å². The molecule has 0 saturated carbocycles. The number of ether oxygens (including phenoxy) is 1. The maximum absolute atomic E-state index is 11.9. The van der Waals surface area contributed by atoms with Gasteiger partial charge < -0.3 is 10.1 Å². The second kappa shape index (κ2) is 7.54. The molecule has 0 aliphatic rings. The Bertz CT molecular complexity index is 667. The summed E-state index contributed by atoms with van der Waals surface area (Å²) in [6.45, 7) is 3.91. The zero-order chi connectivity index (χ0) is 15.1. The summed E-state index contributed by atoms with van der Waals surface area (Å²) >= 11 is 0. The fraction of sp³-hybridized carbons (Fsp3) is 0.400. The van der Waals surface area contributed by atoms with Crippen LogP contribution in [0.5, 0.6) is 0 Å². The topological polar surface area (TPSA) is 73.2 Å². The average molecular weight is 289 g/mol. The fourth-order valence-electron chi connectivity index (χ4n) is 2.03. The van der Waals surface area contributed by atoms with E-state index in [4.69, 9.17) is 4.74 Å². The Hall–Kier alpha value is -2.21. The van der Waals surface area contributed by atoms with Gasteiger partial charge in [-0.2, -0.15) is 5.10 Å². The minimum atomic E-state index is -0.140. The molecule has 1 amide bonds. The van der Waals surface area contributed by atoms with E-state index in [1.165, 1.54) is 10.9 Å². The molecule has 6 nitrogen and oxygen atoms in total. The van der Waals surface area contributed by atoms with Crippen LogP contribution in [0.3, 0.4) is 0 Å². The van der Waals surface area contributed by atoms with E-state index >= 15 is 0 Å². The number of fused-ring (bicyclic) bond motifs is 1. The summed E-state index contributed by atoms with van der Waals surface area (Å²) in [5.41, 5.74) is 0.522. The van der Waals surface area contributed by atoms with Crippen molar-refractivity contribution in [3.63, 3.8) is 0 Å². The van der Waals surface area contributed by atoms with Crippen molar-refractivity contribution in [2.75, 3.05) is 19.8 Å². The summed E-state index contributed by atoms with van der Waals surface area (Å²) in [5, 5.41) is 7.40. The minimum absolute atomic E-state index is 0.0927. The Kier molecular flexibility index (Phi) is 5.45. The van der Waals surface area contributed by atoms with Crippen LogP contribution in [0.25, 0.3) is 10.9 Å². The summed E-state index contributed by atoms with van der Waals surface area (Å²) in [6.07, 6.45) is 2.02. The molecule has 1 heterocycles. The number of para-hydroxylation sites is 1. The second-order valence-corrected chi connectivity index (χ2v) is 4.58. The van der Waals surface area contributed by atoms with Crippen molar-refractivity contribution in [1.82, 2.24) is 15.1 Å². The number of rotatable bonds is 7. The van der Waals surface area contributed by atoms with Gasteiger partial charge in [0, 0.05) is 25.1 Å². The number of nitrogens with one attached hydrogen (secondary N) is 1. The fourth-order valence-corrected chi connectivity index (χ4v) is 2.03. The summed E-state index contributed by atoms with van der Waals surface area (Å²) in [5.74, 6) is -0.132. The first-order valence-corrected chi connectivity index (χ1v) is 7.01. The highest BCUT2D eigenvalue weighted by Gasteiger charge is 2.07. The second-order valence-electron chi connectivity index (χ2n) is 4.58. The largest absolute Gasteiger partial charge is 0.382 e. The Morgan fingerprint density at radius 3 is 3.00 bits per heavy atom. The number of carbonyl (C=O) groups is 1. The standard InChI is InChI=1S/C15H19N3O3/c1-2-21-9-5-8-16-15(20)11-18-13-7-4-3-6-12(13)14(19)10-17-18/h3-4,6-7,10H,2,5,8-9,11H2,1H3,(H,16,20). The predicted octanol–water partition coefficient (Wildman–Crippen LogP) is 0.939. The van der Waals surface area contributed by atoms with Crippen molar-refractivity contribution < 1.29 is 9.53 Å². The van der Waals surface area contributed by atoms with Crippen LogP contribution >= 0.6 is 0 Å². The number of hydrogen-bond acceptors (Lipinski definition) is 4. The van der Waals surface area contributed by atoms with Gasteiger partial charge in [-0.15, -0.1) is 0 Å². The van der Waals surface area contributed by atoms with E-state index in [2.05, 4.69) is 10.4 Å². The van der Waals surface area contributed by atoms with Gasteiger partial charge >= 0.3 is 0 Å². The Labute approximate surface area is 122 Å². The third-order valence-corrected chi connectivity index (χ3v) is 3.05. The van der Waals surface area contributed by atoms with E-state index in [1.807, 2.05) is 13.0 Å². The van der Waals surface area contributed by atoms with Crippen LogP contribution in [0, 0.1) is 0 Å². The van der Waals surface area contributed by atoms with E-state index in [0.29, 0.717) is 30.7 Å². The minimum Gasteiger partial charge on any atom is -0.382 e. The quantitative estimate of drug-likeness (QED) is 0.770. The number of carbonyl (C=O) groups excluding carboxylic acids is 1. The highest BCUT2D eigenvalue weighted by Crippen LogP contribution is 2.07.